The number of rotatable bonds is 8. The summed E-state index contributed by atoms with van der Waals surface area (Å²) in [6.07, 6.45) is 0.615. The van der Waals surface area contributed by atoms with Gasteiger partial charge in [-0.1, -0.05) is 12.1 Å². The molecule has 1 aliphatic heterocycles. The molecule has 0 aliphatic carbocycles. The quantitative estimate of drug-likeness (QED) is 0.406. The van der Waals surface area contributed by atoms with Gasteiger partial charge in [-0.25, -0.2) is 13.4 Å². The number of benzene rings is 2. The molecule has 1 saturated heterocycles. The van der Waals surface area contributed by atoms with E-state index < -0.39 is 10.0 Å². The van der Waals surface area contributed by atoms with Crippen LogP contribution in [0.3, 0.4) is 0 Å². The summed E-state index contributed by atoms with van der Waals surface area (Å²) in [6.45, 7) is 1.98. The van der Waals surface area contributed by atoms with Crippen LogP contribution in [0, 0.1) is 0 Å². The number of methoxy groups -OCH3 is 3. The van der Waals surface area contributed by atoms with Gasteiger partial charge >= 0.3 is 0 Å². The molecule has 3 aromatic rings. The highest BCUT2D eigenvalue weighted by atomic mass is 79.9. The molecule has 34 heavy (non-hydrogen) atoms. The van der Waals surface area contributed by atoms with Gasteiger partial charge in [0.25, 0.3) is 0 Å². The predicted molar refractivity (Wildman–Crippen MR) is 136 cm³/mol. The van der Waals surface area contributed by atoms with Gasteiger partial charge in [-0.05, 0) is 45.8 Å². The first-order valence-electron chi connectivity index (χ1n) is 10.6. The normalized spacial score (nSPS) is 14.8. The van der Waals surface area contributed by atoms with Gasteiger partial charge < -0.3 is 19.1 Å². The Labute approximate surface area is 212 Å². The number of halogens is 1. The molecule has 1 aromatic heterocycles. The Hall–Kier alpha value is -2.34. The first kappa shape index (κ1) is 24.8. The Kier molecular flexibility index (Phi) is 7.66. The monoisotopic (exact) mass is 567 g/mol. The fourth-order valence-corrected chi connectivity index (χ4v) is 7.15. The average molecular weight is 569 g/mol. The zero-order chi connectivity index (χ0) is 24.3. The highest BCUT2D eigenvalue weighted by Gasteiger charge is 2.30. The van der Waals surface area contributed by atoms with Crippen molar-refractivity contribution in [2.24, 2.45) is 0 Å². The second-order valence-corrected chi connectivity index (χ2v) is 11.3. The minimum Gasteiger partial charge on any atom is -0.493 e. The number of ether oxygens (including phenoxy) is 3. The van der Waals surface area contributed by atoms with Crippen LogP contribution in [0.25, 0.3) is 0 Å². The van der Waals surface area contributed by atoms with Crippen molar-refractivity contribution in [3.63, 3.8) is 0 Å². The van der Waals surface area contributed by atoms with Crippen LogP contribution in [0.2, 0.25) is 0 Å². The van der Waals surface area contributed by atoms with Crippen molar-refractivity contribution < 1.29 is 22.6 Å². The van der Waals surface area contributed by atoms with Crippen LogP contribution in [0.4, 0.5) is 5.13 Å². The van der Waals surface area contributed by atoms with Gasteiger partial charge in [0.1, 0.15) is 0 Å². The van der Waals surface area contributed by atoms with Gasteiger partial charge in [-0.2, -0.15) is 4.31 Å². The lowest BCUT2D eigenvalue weighted by atomic mass is 10.1. The largest absolute Gasteiger partial charge is 0.493 e. The lowest BCUT2D eigenvalue weighted by Gasteiger charge is -2.34. The van der Waals surface area contributed by atoms with E-state index in [0.717, 1.165) is 16.4 Å². The molecule has 0 spiro atoms. The van der Waals surface area contributed by atoms with Gasteiger partial charge in [0, 0.05) is 42.5 Å². The molecule has 1 aliphatic rings. The fraction of sp³-hybridized carbons (Fsp3) is 0.348. The third kappa shape index (κ3) is 5.02. The van der Waals surface area contributed by atoms with E-state index in [1.54, 1.807) is 56.9 Å². The fourth-order valence-electron chi connectivity index (χ4n) is 3.88. The van der Waals surface area contributed by atoms with E-state index in [2.05, 4.69) is 20.8 Å². The molecule has 0 amide bonds. The topological polar surface area (TPSA) is 81.2 Å². The molecule has 11 heteroatoms. The van der Waals surface area contributed by atoms with E-state index in [1.807, 2.05) is 17.5 Å². The Balaban J connectivity index is 1.44. The number of sulfonamides is 1. The smallest absolute Gasteiger partial charge is 0.244 e. The van der Waals surface area contributed by atoms with Crippen molar-refractivity contribution in [2.45, 2.75) is 11.3 Å². The maximum atomic E-state index is 13.0. The molecule has 182 valence electrons. The number of aromatic nitrogens is 1. The van der Waals surface area contributed by atoms with Crippen LogP contribution in [0.15, 0.2) is 51.1 Å². The van der Waals surface area contributed by atoms with Crippen LogP contribution in [0.1, 0.15) is 11.3 Å². The number of hydrogen-bond acceptors (Lipinski definition) is 8. The highest BCUT2D eigenvalue weighted by Crippen LogP contribution is 2.39. The second-order valence-electron chi connectivity index (χ2n) is 7.65. The molecule has 4 rings (SSSR count). The maximum absolute atomic E-state index is 13.0. The summed E-state index contributed by atoms with van der Waals surface area (Å²) in [7, 11) is 1.23. The summed E-state index contributed by atoms with van der Waals surface area (Å²) in [5, 5.41) is 2.92. The first-order valence-corrected chi connectivity index (χ1v) is 13.7. The van der Waals surface area contributed by atoms with Crippen molar-refractivity contribution >= 4 is 42.4 Å². The first-order chi connectivity index (χ1) is 16.4. The van der Waals surface area contributed by atoms with Crippen LogP contribution < -0.4 is 19.1 Å². The van der Waals surface area contributed by atoms with Gasteiger partial charge in [0.15, 0.2) is 16.6 Å². The molecule has 2 heterocycles. The highest BCUT2D eigenvalue weighted by molar-refractivity contribution is 9.10. The molecule has 8 nitrogen and oxygen atoms in total. The summed E-state index contributed by atoms with van der Waals surface area (Å²) in [5.74, 6) is 1.77. The molecular formula is C23H26BrN3O5S2. The summed E-state index contributed by atoms with van der Waals surface area (Å²) < 4.78 is 44.5. The molecule has 0 radical (unpaired) electrons. The molecule has 2 aromatic carbocycles. The molecule has 1 fully saturated rings. The van der Waals surface area contributed by atoms with Crippen LogP contribution in [-0.2, 0) is 16.4 Å². The minimum absolute atomic E-state index is 0.297. The number of nitrogens with zero attached hydrogens (tertiary/aromatic N) is 3. The minimum atomic E-state index is -3.54. The number of hydrogen-bond donors (Lipinski definition) is 0. The third-order valence-corrected chi connectivity index (χ3v) is 9.47. The van der Waals surface area contributed by atoms with Crippen molar-refractivity contribution in [3.8, 4) is 17.2 Å². The van der Waals surface area contributed by atoms with Gasteiger partial charge in [0.05, 0.1) is 31.9 Å². The lowest BCUT2D eigenvalue weighted by molar-refractivity contribution is 0.324. The van der Waals surface area contributed by atoms with Crippen molar-refractivity contribution in [3.05, 3.63) is 57.5 Å². The van der Waals surface area contributed by atoms with Crippen LogP contribution in [-0.4, -0.2) is 65.2 Å². The molecular weight excluding hydrogens is 542 g/mol. The molecule has 0 bridgehead atoms. The van der Waals surface area contributed by atoms with Crippen molar-refractivity contribution in [1.29, 1.82) is 0 Å². The van der Waals surface area contributed by atoms with Crippen molar-refractivity contribution in [1.82, 2.24) is 9.29 Å². The Morgan fingerprint density at radius 3 is 2.24 bits per heavy atom. The summed E-state index contributed by atoms with van der Waals surface area (Å²) in [4.78, 5) is 7.23. The molecule has 0 saturated carbocycles. The van der Waals surface area contributed by atoms with Gasteiger partial charge in [-0.15, -0.1) is 11.3 Å². The standard InChI is InChI=1S/C23H26BrN3O5S2/c1-30-19-13-16(14-20(31-2)22(19)32-3)12-17-15-33-23(25-17)26-8-10-27(11-9-26)34(28,29)21-7-5-4-6-18(21)24/h4-7,13-15H,8-12H2,1-3H3. The molecule has 0 N–H and O–H groups in total. The van der Waals surface area contributed by atoms with E-state index in [4.69, 9.17) is 19.2 Å². The van der Waals surface area contributed by atoms with Crippen LogP contribution in [0.5, 0.6) is 17.2 Å². The SMILES string of the molecule is COc1cc(Cc2csc(N3CCN(S(=O)(=O)c4ccccc4Br)CC3)n2)cc(OC)c1OC. The number of piperazine rings is 1. The van der Waals surface area contributed by atoms with E-state index in [1.165, 1.54) is 4.31 Å². The van der Waals surface area contributed by atoms with Crippen molar-refractivity contribution in [2.75, 3.05) is 52.4 Å². The van der Waals surface area contributed by atoms with E-state index in [9.17, 15) is 8.42 Å². The van der Waals surface area contributed by atoms with Crippen LogP contribution >= 0.6 is 27.3 Å². The van der Waals surface area contributed by atoms with E-state index >= 15 is 0 Å². The lowest BCUT2D eigenvalue weighted by Crippen LogP contribution is -2.48. The Bertz CT molecular complexity index is 1230. The maximum Gasteiger partial charge on any atom is 0.244 e. The zero-order valence-electron chi connectivity index (χ0n) is 19.2. The van der Waals surface area contributed by atoms with Gasteiger partial charge in [-0.3, -0.25) is 0 Å². The van der Waals surface area contributed by atoms with Gasteiger partial charge in [0.2, 0.25) is 15.8 Å². The number of anilines is 1. The molecule has 0 unspecified atom stereocenters. The Morgan fingerprint density at radius 2 is 1.65 bits per heavy atom. The summed E-state index contributed by atoms with van der Waals surface area (Å²) in [6, 6.07) is 10.8. The average Bonchev–Trinajstić information content (AvgIpc) is 3.32. The predicted octanol–water partition coefficient (Wildman–Crippen LogP) is 4.03. The van der Waals surface area contributed by atoms with E-state index in [-0.39, 0.29) is 0 Å². The van der Waals surface area contributed by atoms with E-state index in [0.29, 0.717) is 59.2 Å². The second kappa shape index (κ2) is 10.5. The summed E-state index contributed by atoms with van der Waals surface area (Å²) >= 11 is 4.92. The molecule has 0 atom stereocenters. The summed E-state index contributed by atoms with van der Waals surface area (Å²) in [5.41, 5.74) is 1.92. The third-order valence-electron chi connectivity index (χ3n) is 5.61. The zero-order valence-corrected chi connectivity index (χ0v) is 22.4. The number of thiazole rings is 1. The Morgan fingerprint density at radius 1 is 1.00 bits per heavy atom.